The first-order valence-corrected chi connectivity index (χ1v) is 4.83. The van der Waals surface area contributed by atoms with Gasteiger partial charge in [-0.05, 0) is 30.5 Å². The summed E-state index contributed by atoms with van der Waals surface area (Å²) in [5.41, 5.74) is 2.11. The van der Waals surface area contributed by atoms with Gasteiger partial charge in [0.2, 0.25) is 0 Å². The van der Waals surface area contributed by atoms with Gasteiger partial charge in [-0.2, -0.15) is 0 Å². The Labute approximate surface area is 83.1 Å². The maximum atomic E-state index is 12.9. The molecule has 2 rings (SSSR count). The molecule has 3 heteroatoms. The quantitative estimate of drug-likeness (QED) is 0.781. The molecule has 0 fully saturated rings. The van der Waals surface area contributed by atoms with Crippen molar-refractivity contribution in [2.75, 3.05) is 19.0 Å². The van der Waals surface area contributed by atoms with Crippen LogP contribution in [0.5, 0.6) is 0 Å². The number of anilines is 1. The number of hydrogen-bond donors (Lipinski definition) is 1. The lowest BCUT2D eigenvalue weighted by atomic mass is 9.98. The minimum absolute atomic E-state index is 0.186. The van der Waals surface area contributed by atoms with E-state index in [2.05, 4.69) is 5.32 Å². The van der Waals surface area contributed by atoms with E-state index in [9.17, 15) is 4.39 Å². The average molecular weight is 195 g/mol. The Bertz CT molecular complexity index is 327. The Balaban J connectivity index is 2.16. The molecular formula is C11H14FNO. The van der Waals surface area contributed by atoms with Crippen LogP contribution >= 0.6 is 0 Å². The molecule has 0 bridgehead atoms. The second-order valence-corrected chi connectivity index (χ2v) is 3.64. The number of methoxy groups -OCH3 is 1. The lowest BCUT2D eigenvalue weighted by molar-refractivity contribution is 0.182. The van der Waals surface area contributed by atoms with Gasteiger partial charge < -0.3 is 10.1 Å². The lowest BCUT2D eigenvalue weighted by Crippen LogP contribution is -2.29. The van der Waals surface area contributed by atoms with Crippen LogP contribution in [0.1, 0.15) is 12.0 Å². The Hall–Kier alpha value is -1.09. The zero-order valence-corrected chi connectivity index (χ0v) is 8.22. The van der Waals surface area contributed by atoms with E-state index in [1.54, 1.807) is 13.2 Å². The predicted octanol–water partition coefficient (Wildman–Crippen LogP) is 2.20. The van der Waals surface area contributed by atoms with E-state index in [0.29, 0.717) is 12.6 Å². The number of fused-ring (bicyclic) bond motifs is 1. The number of aryl methyl sites for hydroxylation is 1. The van der Waals surface area contributed by atoms with Crippen LogP contribution < -0.4 is 5.32 Å². The van der Waals surface area contributed by atoms with Gasteiger partial charge >= 0.3 is 0 Å². The summed E-state index contributed by atoms with van der Waals surface area (Å²) in [5, 5.41) is 3.27. The Morgan fingerprint density at radius 2 is 2.43 bits per heavy atom. The SMILES string of the molecule is COCC1CCc2ccc(F)cc2N1. The monoisotopic (exact) mass is 195 g/mol. The molecule has 1 aromatic carbocycles. The Kier molecular flexibility index (Phi) is 2.68. The van der Waals surface area contributed by atoms with Gasteiger partial charge in [0.25, 0.3) is 0 Å². The van der Waals surface area contributed by atoms with Gasteiger partial charge in [0.15, 0.2) is 0 Å². The molecule has 76 valence electrons. The third kappa shape index (κ3) is 1.87. The fourth-order valence-electron chi connectivity index (χ4n) is 1.85. The van der Waals surface area contributed by atoms with E-state index in [1.807, 2.05) is 6.07 Å². The molecule has 0 radical (unpaired) electrons. The van der Waals surface area contributed by atoms with Gasteiger partial charge in [-0.3, -0.25) is 0 Å². The molecule has 0 aromatic heterocycles. The Morgan fingerprint density at radius 3 is 3.21 bits per heavy atom. The molecule has 0 amide bonds. The van der Waals surface area contributed by atoms with Gasteiger partial charge in [0.05, 0.1) is 6.61 Å². The maximum Gasteiger partial charge on any atom is 0.125 e. The number of hydrogen-bond acceptors (Lipinski definition) is 2. The summed E-state index contributed by atoms with van der Waals surface area (Å²) in [6.07, 6.45) is 2.04. The van der Waals surface area contributed by atoms with Crippen molar-refractivity contribution in [2.45, 2.75) is 18.9 Å². The van der Waals surface area contributed by atoms with E-state index in [0.717, 1.165) is 18.5 Å². The Morgan fingerprint density at radius 1 is 1.57 bits per heavy atom. The average Bonchev–Trinajstić information content (AvgIpc) is 2.17. The highest BCUT2D eigenvalue weighted by molar-refractivity contribution is 5.54. The maximum absolute atomic E-state index is 12.9. The summed E-state index contributed by atoms with van der Waals surface area (Å²) < 4.78 is 18.0. The van der Waals surface area contributed by atoms with Crippen LogP contribution in [0.25, 0.3) is 0 Å². The van der Waals surface area contributed by atoms with Crippen LogP contribution in [0.4, 0.5) is 10.1 Å². The predicted molar refractivity (Wildman–Crippen MR) is 54.0 cm³/mol. The molecule has 0 saturated heterocycles. The van der Waals surface area contributed by atoms with Crippen molar-refractivity contribution in [1.29, 1.82) is 0 Å². The normalized spacial score (nSPS) is 20.0. The van der Waals surface area contributed by atoms with Crippen LogP contribution in [-0.4, -0.2) is 19.8 Å². The number of nitrogens with one attached hydrogen (secondary N) is 1. The van der Waals surface area contributed by atoms with Gasteiger partial charge in [-0.15, -0.1) is 0 Å². The molecular weight excluding hydrogens is 181 g/mol. The first-order chi connectivity index (χ1) is 6.79. The minimum atomic E-state index is -0.186. The summed E-state index contributed by atoms with van der Waals surface area (Å²) in [6.45, 7) is 0.677. The number of benzene rings is 1. The molecule has 1 aliphatic rings. The fourth-order valence-corrected chi connectivity index (χ4v) is 1.85. The van der Waals surface area contributed by atoms with Gasteiger partial charge in [-0.25, -0.2) is 4.39 Å². The van der Waals surface area contributed by atoms with Gasteiger partial charge in [0.1, 0.15) is 5.82 Å². The standard InChI is InChI=1S/C11H14FNO/c1-14-7-10-5-3-8-2-4-9(12)6-11(8)13-10/h2,4,6,10,13H,3,5,7H2,1H3. The topological polar surface area (TPSA) is 21.3 Å². The highest BCUT2D eigenvalue weighted by Gasteiger charge is 2.17. The molecule has 0 spiro atoms. The van der Waals surface area contributed by atoms with Crippen LogP contribution in [0.15, 0.2) is 18.2 Å². The zero-order chi connectivity index (χ0) is 9.97. The third-order valence-electron chi connectivity index (χ3n) is 2.56. The largest absolute Gasteiger partial charge is 0.383 e. The first kappa shape index (κ1) is 9.46. The van der Waals surface area contributed by atoms with Crippen molar-refractivity contribution in [1.82, 2.24) is 0 Å². The summed E-state index contributed by atoms with van der Waals surface area (Å²) in [7, 11) is 1.68. The zero-order valence-electron chi connectivity index (χ0n) is 8.22. The molecule has 2 nitrogen and oxygen atoms in total. The summed E-state index contributed by atoms with van der Waals surface area (Å²) in [4.78, 5) is 0. The van der Waals surface area contributed by atoms with Crippen molar-refractivity contribution in [3.63, 3.8) is 0 Å². The first-order valence-electron chi connectivity index (χ1n) is 4.83. The van der Waals surface area contributed by atoms with Crippen molar-refractivity contribution in [3.8, 4) is 0 Å². The van der Waals surface area contributed by atoms with E-state index in [1.165, 1.54) is 11.6 Å². The van der Waals surface area contributed by atoms with Crippen molar-refractivity contribution >= 4 is 5.69 Å². The number of rotatable bonds is 2. The molecule has 1 N–H and O–H groups in total. The van der Waals surface area contributed by atoms with Crippen LogP contribution in [0.2, 0.25) is 0 Å². The van der Waals surface area contributed by atoms with E-state index in [-0.39, 0.29) is 5.82 Å². The number of halogens is 1. The van der Waals surface area contributed by atoms with Crippen molar-refractivity contribution in [2.24, 2.45) is 0 Å². The minimum Gasteiger partial charge on any atom is -0.383 e. The highest BCUT2D eigenvalue weighted by atomic mass is 19.1. The highest BCUT2D eigenvalue weighted by Crippen LogP contribution is 2.25. The van der Waals surface area contributed by atoms with Crippen LogP contribution in [0, 0.1) is 5.82 Å². The second-order valence-electron chi connectivity index (χ2n) is 3.64. The number of ether oxygens (including phenoxy) is 1. The van der Waals surface area contributed by atoms with Crippen LogP contribution in [0.3, 0.4) is 0 Å². The molecule has 1 heterocycles. The second kappa shape index (κ2) is 3.96. The van der Waals surface area contributed by atoms with E-state index < -0.39 is 0 Å². The molecule has 1 aromatic rings. The molecule has 1 unspecified atom stereocenters. The van der Waals surface area contributed by atoms with E-state index >= 15 is 0 Å². The van der Waals surface area contributed by atoms with Crippen molar-refractivity contribution < 1.29 is 9.13 Å². The van der Waals surface area contributed by atoms with Crippen LogP contribution in [-0.2, 0) is 11.2 Å². The van der Waals surface area contributed by atoms with Gasteiger partial charge in [0, 0.05) is 18.8 Å². The lowest BCUT2D eigenvalue weighted by Gasteiger charge is -2.26. The third-order valence-corrected chi connectivity index (χ3v) is 2.56. The van der Waals surface area contributed by atoms with E-state index in [4.69, 9.17) is 4.74 Å². The van der Waals surface area contributed by atoms with Gasteiger partial charge in [-0.1, -0.05) is 6.07 Å². The molecule has 14 heavy (non-hydrogen) atoms. The van der Waals surface area contributed by atoms with Crippen molar-refractivity contribution in [3.05, 3.63) is 29.6 Å². The summed E-state index contributed by atoms with van der Waals surface area (Å²) in [5.74, 6) is -0.186. The fraction of sp³-hybridized carbons (Fsp3) is 0.455. The molecule has 1 aliphatic heterocycles. The smallest absolute Gasteiger partial charge is 0.125 e. The molecule has 0 aliphatic carbocycles. The molecule has 1 atom stereocenters. The summed E-state index contributed by atoms with van der Waals surface area (Å²) >= 11 is 0. The molecule has 0 saturated carbocycles. The summed E-state index contributed by atoms with van der Waals surface area (Å²) in [6, 6.07) is 5.23.